The molecular formula is C32H32BrFN4O5. The van der Waals surface area contributed by atoms with E-state index in [0.29, 0.717) is 47.1 Å². The van der Waals surface area contributed by atoms with Gasteiger partial charge in [0.15, 0.2) is 23.1 Å². The molecule has 2 heterocycles. The van der Waals surface area contributed by atoms with Crippen LogP contribution in [0.4, 0.5) is 10.1 Å². The predicted molar refractivity (Wildman–Crippen MR) is 165 cm³/mol. The van der Waals surface area contributed by atoms with Gasteiger partial charge in [0.25, 0.3) is 0 Å². The molecule has 0 bridgehead atoms. The zero-order valence-corrected chi connectivity index (χ0v) is 25.2. The Morgan fingerprint density at radius 1 is 1.05 bits per heavy atom. The highest BCUT2D eigenvalue weighted by Crippen LogP contribution is 2.38. The number of hydrogen-bond acceptors (Lipinski definition) is 7. The molecule has 2 amide bonds. The number of ether oxygens (including phenoxy) is 3. The van der Waals surface area contributed by atoms with Gasteiger partial charge in [0.2, 0.25) is 0 Å². The number of benzene rings is 3. The summed E-state index contributed by atoms with van der Waals surface area (Å²) in [5.74, 6) is -0.951. The summed E-state index contributed by atoms with van der Waals surface area (Å²) in [4.78, 5) is 30.1. The van der Waals surface area contributed by atoms with Crippen LogP contribution in [-0.4, -0.2) is 50.1 Å². The molecule has 3 N–H and O–H groups in total. The number of carbonyl (C=O) groups is 2. The molecule has 0 atom stereocenters. The second-order valence-corrected chi connectivity index (χ2v) is 11.1. The van der Waals surface area contributed by atoms with Crippen LogP contribution in [0, 0.1) is 11.7 Å². The molecule has 9 nitrogen and oxygen atoms in total. The molecule has 11 heteroatoms. The number of nitrogens with one attached hydrogen (secondary N) is 1. The summed E-state index contributed by atoms with van der Waals surface area (Å²) >= 11 is 3.48. The summed E-state index contributed by atoms with van der Waals surface area (Å²) in [5.41, 5.74) is 7.00. The van der Waals surface area contributed by atoms with E-state index in [1.165, 1.54) is 12.1 Å². The number of methoxy groups -OCH3 is 1. The average molecular weight is 652 g/mol. The Labute approximate surface area is 257 Å². The lowest BCUT2D eigenvalue weighted by molar-refractivity contribution is -0.135. The summed E-state index contributed by atoms with van der Waals surface area (Å²) < 4.78 is 34.0. The number of fused-ring (bicyclic) bond motifs is 1. The van der Waals surface area contributed by atoms with Crippen molar-refractivity contribution in [3.8, 4) is 23.0 Å². The fourth-order valence-corrected chi connectivity index (χ4v) is 5.50. The SMILES string of the molecule is COc1cc2c(Oc3ccc(N(CCc4ccccc4Br)C(=O)C(N)=O)cc3F)ccnc2cc1OCC1CCNCC1. The van der Waals surface area contributed by atoms with E-state index in [1.807, 2.05) is 24.3 Å². The predicted octanol–water partition coefficient (Wildman–Crippen LogP) is 5.38. The van der Waals surface area contributed by atoms with E-state index in [1.54, 1.807) is 31.5 Å². The van der Waals surface area contributed by atoms with E-state index in [0.717, 1.165) is 46.9 Å². The first-order chi connectivity index (χ1) is 20.8. The molecule has 0 aliphatic carbocycles. The van der Waals surface area contributed by atoms with Gasteiger partial charge in [-0.1, -0.05) is 34.1 Å². The zero-order valence-electron chi connectivity index (χ0n) is 23.6. The van der Waals surface area contributed by atoms with E-state index in [2.05, 4.69) is 26.2 Å². The number of nitrogens with zero attached hydrogens (tertiary/aromatic N) is 2. The molecule has 1 saturated heterocycles. The Morgan fingerprint density at radius 3 is 2.56 bits per heavy atom. The summed E-state index contributed by atoms with van der Waals surface area (Å²) in [5, 5.41) is 3.96. The molecule has 0 saturated carbocycles. The van der Waals surface area contributed by atoms with Crippen LogP contribution >= 0.6 is 15.9 Å². The number of carbonyl (C=O) groups excluding carboxylic acids is 2. The van der Waals surface area contributed by atoms with Crippen molar-refractivity contribution in [1.82, 2.24) is 10.3 Å². The molecule has 1 fully saturated rings. The van der Waals surface area contributed by atoms with Crippen molar-refractivity contribution in [2.24, 2.45) is 11.7 Å². The van der Waals surface area contributed by atoms with Crippen LogP contribution < -0.4 is 30.2 Å². The van der Waals surface area contributed by atoms with Gasteiger partial charge < -0.3 is 30.2 Å². The quantitative estimate of drug-likeness (QED) is 0.222. The third kappa shape index (κ3) is 7.23. The topological polar surface area (TPSA) is 116 Å². The van der Waals surface area contributed by atoms with Crippen molar-refractivity contribution in [2.45, 2.75) is 19.3 Å². The molecule has 224 valence electrons. The van der Waals surface area contributed by atoms with Crippen LogP contribution in [0.25, 0.3) is 10.9 Å². The molecule has 3 aromatic carbocycles. The van der Waals surface area contributed by atoms with Crippen LogP contribution in [0.3, 0.4) is 0 Å². The molecule has 5 rings (SSSR count). The smallest absolute Gasteiger partial charge is 0.316 e. The van der Waals surface area contributed by atoms with Gasteiger partial charge in [-0.15, -0.1) is 0 Å². The number of rotatable bonds is 10. The van der Waals surface area contributed by atoms with Gasteiger partial charge >= 0.3 is 11.8 Å². The van der Waals surface area contributed by atoms with E-state index >= 15 is 4.39 Å². The first kappa shape index (κ1) is 30.2. The summed E-state index contributed by atoms with van der Waals surface area (Å²) in [6.45, 7) is 2.65. The minimum Gasteiger partial charge on any atom is -0.493 e. The lowest BCUT2D eigenvalue weighted by atomic mass is 9.99. The van der Waals surface area contributed by atoms with E-state index in [9.17, 15) is 9.59 Å². The standard InChI is InChI=1S/C32H32BrFN4O5/c1-41-29-17-23-26(18-30(29)42-19-20-8-12-36-13-9-20)37-14-10-27(23)43-28-7-6-22(16-25(28)34)38(32(40)31(35)39)15-11-21-4-2-3-5-24(21)33/h2-7,10,14,16-18,20,36H,8-9,11-13,15,19H2,1H3,(H2,35,39). The highest BCUT2D eigenvalue weighted by atomic mass is 79.9. The number of piperidine rings is 1. The molecule has 0 radical (unpaired) electrons. The van der Waals surface area contributed by atoms with Crippen LogP contribution in [0.15, 0.2) is 71.3 Å². The fourth-order valence-electron chi connectivity index (χ4n) is 5.02. The normalized spacial score (nSPS) is 13.5. The number of amides is 2. The number of anilines is 1. The molecule has 43 heavy (non-hydrogen) atoms. The Hall–Kier alpha value is -4.22. The van der Waals surface area contributed by atoms with Gasteiger partial charge in [-0.2, -0.15) is 0 Å². The Kier molecular flexibility index (Phi) is 9.73. The third-order valence-electron chi connectivity index (χ3n) is 7.39. The highest BCUT2D eigenvalue weighted by Gasteiger charge is 2.23. The first-order valence-corrected chi connectivity index (χ1v) is 14.8. The maximum atomic E-state index is 15.4. The van der Waals surface area contributed by atoms with Gasteiger partial charge in [0.05, 0.1) is 19.2 Å². The molecular weight excluding hydrogens is 619 g/mol. The van der Waals surface area contributed by atoms with Gasteiger partial charge in [-0.25, -0.2) is 4.39 Å². The minimum atomic E-state index is -1.14. The van der Waals surface area contributed by atoms with Crippen molar-refractivity contribution in [3.63, 3.8) is 0 Å². The monoisotopic (exact) mass is 650 g/mol. The maximum Gasteiger partial charge on any atom is 0.316 e. The van der Waals surface area contributed by atoms with Crippen LogP contribution in [-0.2, 0) is 16.0 Å². The largest absolute Gasteiger partial charge is 0.493 e. The molecule has 1 aromatic heterocycles. The highest BCUT2D eigenvalue weighted by molar-refractivity contribution is 9.10. The number of aromatic nitrogens is 1. The molecule has 0 spiro atoms. The van der Waals surface area contributed by atoms with Crippen molar-refractivity contribution in [1.29, 1.82) is 0 Å². The number of halogens is 2. The second kappa shape index (κ2) is 13.8. The van der Waals surface area contributed by atoms with Gasteiger partial charge in [-0.3, -0.25) is 14.6 Å². The Balaban J connectivity index is 1.37. The van der Waals surface area contributed by atoms with Crippen molar-refractivity contribution in [2.75, 3.05) is 38.3 Å². The zero-order chi connectivity index (χ0) is 30.3. The third-order valence-corrected chi connectivity index (χ3v) is 8.16. The Bertz CT molecular complexity index is 1630. The number of hydrogen-bond donors (Lipinski definition) is 2. The summed E-state index contributed by atoms with van der Waals surface area (Å²) in [6, 6.07) is 16.8. The molecule has 1 aliphatic rings. The van der Waals surface area contributed by atoms with Crippen LogP contribution in [0.1, 0.15) is 18.4 Å². The number of nitrogens with two attached hydrogens (primary N) is 1. The van der Waals surface area contributed by atoms with Crippen LogP contribution in [0.2, 0.25) is 0 Å². The van der Waals surface area contributed by atoms with Crippen molar-refractivity contribution >= 4 is 44.3 Å². The minimum absolute atomic E-state index is 0.0706. The second-order valence-electron chi connectivity index (χ2n) is 10.2. The lowest BCUT2D eigenvalue weighted by Gasteiger charge is -2.23. The van der Waals surface area contributed by atoms with Crippen molar-refractivity contribution in [3.05, 3.63) is 82.7 Å². The van der Waals surface area contributed by atoms with Crippen molar-refractivity contribution < 1.29 is 28.2 Å². The van der Waals surface area contributed by atoms with Gasteiger partial charge in [0.1, 0.15) is 5.75 Å². The molecule has 0 unspecified atom stereocenters. The molecule has 4 aromatic rings. The number of primary amides is 1. The average Bonchev–Trinajstić information content (AvgIpc) is 3.02. The van der Waals surface area contributed by atoms with E-state index < -0.39 is 17.6 Å². The summed E-state index contributed by atoms with van der Waals surface area (Å²) in [6.07, 6.45) is 4.09. The van der Waals surface area contributed by atoms with Gasteiger partial charge in [0, 0.05) is 40.4 Å². The Morgan fingerprint density at radius 2 is 1.84 bits per heavy atom. The molecule has 1 aliphatic heterocycles. The lowest BCUT2D eigenvalue weighted by Crippen LogP contribution is -2.41. The fraction of sp³-hybridized carbons (Fsp3) is 0.281. The van der Waals surface area contributed by atoms with E-state index in [-0.39, 0.29) is 18.0 Å². The van der Waals surface area contributed by atoms with E-state index in [4.69, 9.17) is 19.9 Å². The van der Waals surface area contributed by atoms with Crippen LogP contribution in [0.5, 0.6) is 23.0 Å². The summed E-state index contributed by atoms with van der Waals surface area (Å²) in [7, 11) is 1.56. The maximum absolute atomic E-state index is 15.4. The van der Waals surface area contributed by atoms with Gasteiger partial charge in [-0.05, 0) is 74.2 Å². The first-order valence-electron chi connectivity index (χ1n) is 14.0. The number of pyridine rings is 1.